The van der Waals surface area contributed by atoms with Crippen molar-refractivity contribution in [1.82, 2.24) is 5.32 Å². The van der Waals surface area contributed by atoms with Gasteiger partial charge in [0.1, 0.15) is 0 Å². The molecule has 0 bridgehead atoms. The highest BCUT2D eigenvalue weighted by molar-refractivity contribution is 6.20. The molecule has 0 radical (unpaired) electrons. The van der Waals surface area contributed by atoms with Crippen LogP contribution in [0.25, 0.3) is 0 Å². The summed E-state index contributed by atoms with van der Waals surface area (Å²) < 4.78 is 0. The Hall–Kier alpha value is 0.250. The Morgan fingerprint density at radius 1 is 1.25 bits per heavy atom. The SMILES string of the molecule is CC(C)NCC(Cl)CC(C)(C)C. The van der Waals surface area contributed by atoms with E-state index in [4.69, 9.17) is 11.6 Å². The van der Waals surface area contributed by atoms with Crippen LogP contribution in [-0.2, 0) is 0 Å². The summed E-state index contributed by atoms with van der Waals surface area (Å²) >= 11 is 6.15. The number of rotatable bonds is 4. The van der Waals surface area contributed by atoms with Crippen LogP contribution in [-0.4, -0.2) is 18.0 Å². The fourth-order valence-electron chi connectivity index (χ4n) is 1.10. The molecule has 1 N–H and O–H groups in total. The van der Waals surface area contributed by atoms with Crippen molar-refractivity contribution in [3.05, 3.63) is 0 Å². The number of nitrogens with one attached hydrogen (secondary N) is 1. The van der Waals surface area contributed by atoms with Crippen molar-refractivity contribution >= 4 is 11.6 Å². The van der Waals surface area contributed by atoms with E-state index in [2.05, 4.69) is 39.9 Å². The van der Waals surface area contributed by atoms with Crippen molar-refractivity contribution in [2.24, 2.45) is 5.41 Å². The van der Waals surface area contributed by atoms with Gasteiger partial charge >= 0.3 is 0 Å². The van der Waals surface area contributed by atoms with Gasteiger partial charge < -0.3 is 5.32 Å². The molecule has 0 saturated heterocycles. The van der Waals surface area contributed by atoms with E-state index >= 15 is 0 Å². The number of hydrogen-bond donors (Lipinski definition) is 1. The Kier molecular flexibility index (Phi) is 5.19. The monoisotopic (exact) mass is 191 g/mol. The number of alkyl halides is 1. The lowest BCUT2D eigenvalue weighted by Gasteiger charge is -2.22. The predicted octanol–water partition coefficient (Wildman–Crippen LogP) is 3.03. The maximum Gasteiger partial charge on any atom is 0.0465 e. The van der Waals surface area contributed by atoms with E-state index in [1.165, 1.54) is 0 Å². The topological polar surface area (TPSA) is 12.0 Å². The summed E-state index contributed by atoms with van der Waals surface area (Å²) in [5.74, 6) is 0. The highest BCUT2D eigenvalue weighted by Crippen LogP contribution is 2.23. The second-order valence-corrected chi connectivity index (χ2v) is 5.54. The van der Waals surface area contributed by atoms with Crippen molar-refractivity contribution < 1.29 is 0 Å². The molecular weight excluding hydrogens is 170 g/mol. The molecular formula is C10H22ClN. The molecule has 0 amide bonds. The molecule has 74 valence electrons. The molecule has 0 fully saturated rings. The molecule has 0 rings (SSSR count). The zero-order valence-corrected chi connectivity index (χ0v) is 9.70. The Balaban J connectivity index is 3.53. The van der Waals surface area contributed by atoms with Crippen LogP contribution in [0.5, 0.6) is 0 Å². The average molecular weight is 192 g/mol. The third-order valence-electron chi connectivity index (χ3n) is 1.58. The highest BCUT2D eigenvalue weighted by atomic mass is 35.5. The summed E-state index contributed by atoms with van der Waals surface area (Å²) in [4.78, 5) is 0. The molecule has 0 aliphatic rings. The van der Waals surface area contributed by atoms with Gasteiger partial charge in [0, 0.05) is 18.0 Å². The van der Waals surface area contributed by atoms with Crippen LogP contribution in [0.3, 0.4) is 0 Å². The molecule has 0 spiro atoms. The maximum atomic E-state index is 6.15. The summed E-state index contributed by atoms with van der Waals surface area (Å²) in [5.41, 5.74) is 0.338. The summed E-state index contributed by atoms with van der Waals surface area (Å²) in [6, 6.07) is 0.534. The van der Waals surface area contributed by atoms with Gasteiger partial charge in [-0.25, -0.2) is 0 Å². The Bertz CT molecular complexity index is 115. The van der Waals surface area contributed by atoms with Crippen molar-refractivity contribution in [2.75, 3.05) is 6.54 Å². The first-order valence-electron chi connectivity index (χ1n) is 4.69. The third-order valence-corrected chi connectivity index (χ3v) is 1.89. The van der Waals surface area contributed by atoms with Crippen LogP contribution in [0.4, 0.5) is 0 Å². The zero-order valence-electron chi connectivity index (χ0n) is 8.95. The molecule has 1 nitrogen and oxygen atoms in total. The largest absolute Gasteiger partial charge is 0.313 e. The minimum Gasteiger partial charge on any atom is -0.313 e. The highest BCUT2D eigenvalue weighted by Gasteiger charge is 2.16. The van der Waals surface area contributed by atoms with Crippen LogP contribution >= 0.6 is 11.6 Å². The van der Waals surface area contributed by atoms with Gasteiger partial charge in [0.2, 0.25) is 0 Å². The molecule has 2 heteroatoms. The molecule has 0 aliphatic heterocycles. The van der Waals surface area contributed by atoms with Gasteiger partial charge in [-0.15, -0.1) is 11.6 Å². The molecule has 0 aliphatic carbocycles. The van der Waals surface area contributed by atoms with Crippen LogP contribution in [0, 0.1) is 5.41 Å². The summed E-state index contributed by atoms with van der Waals surface area (Å²) in [6.45, 7) is 11.9. The van der Waals surface area contributed by atoms with Gasteiger partial charge in [-0.05, 0) is 11.8 Å². The van der Waals surface area contributed by atoms with Crippen molar-refractivity contribution in [2.45, 2.75) is 52.5 Å². The third kappa shape index (κ3) is 8.35. The molecule has 1 atom stereocenters. The second kappa shape index (κ2) is 5.08. The van der Waals surface area contributed by atoms with Crippen molar-refractivity contribution in [1.29, 1.82) is 0 Å². The van der Waals surface area contributed by atoms with Gasteiger partial charge in [-0.2, -0.15) is 0 Å². The summed E-state index contributed by atoms with van der Waals surface area (Å²) in [7, 11) is 0. The average Bonchev–Trinajstić information content (AvgIpc) is 1.79. The molecule has 1 unspecified atom stereocenters. The van der Waals surface area contributed by atoms with E-state index < -0.39 is 0 Å². The molecule has 0 aromatic heterocycles. The molecule has 0 heterocycles. The maximum absolute atomic E-state index is 6.15. The van der Waals surface area contributed by atoms with Crippen LogP contribution in [0.15, 0.2) is 0 Å². The summed E-state index contributed by atoms with van der Waals surface area (Å²) in [5, 5.41) is 3.59. The van der Waals surface area contributed by atoms with Crippen LogP contribution in [0.2, 0.25) is 0 Å². The first-order valence-corrected chi connectivity index (χ1v) is 5.12. The van der Waals surface area contributed by atoms with Crippen molar-refractivity contribution in [3.63, 3.8) is 0 Å². The predicted molar refractivity (Wildman–Crippen MR) is 56.9 cm³/mol. The fraction of sp³-hybridized carbons (Fsp3) is 1.00. The van der Waals surface area contributed by atoms with Crippen LogP contribution < -0.4 is 5.32 Å². The van der Waals surface area contributed by atoms with Gasteiger partial charge in [0.15, 0.2) is 0 Å². The summed E-state index contributed by atoms with van der Waals surface area (Å²) in [6.07, 6.45) is 1.06. The molecule has 12 heavy (non-hydrogen) atoms. The lowest BCUT2D eigenvalue weighted by Crippen LogP contribution is -2.31. The van der Waals surface area contributed by atoms with E-state index in [1.54, 1.807) is 0 Å². The van der Waals surface area contributed by atoms with Crippen LogP contribution in [0.1, 0.15) is 41.0 Å². The van der Waals surface area contributed by atoms with E-state index in [0.717, 1.165) is 13.0 Å². The first-order chi connectivity index (χ1) is 5.31. The zero-order chi connectivity index (χ0) is 9.78. The Labute approximate surface area is 81.9 Å². The van der Waals surface area contributed by atoms with E-state index in [0.29, 0.717) is 11.5 Å². The van der Waals surface area contributed by atoms with Gasteiger partial charge in [-0.3, -0.25) is 0 Å². The lowest BCUT2D eigenvalue weighted by atomic mass is 9.90. The minimum absolute atomic E-state index is 0.257. The minimum atomic E-state index is 0.257. The number of halogens is 1. The van der Waals surface area contributed by atoms with E-state index in [9.17, 15) is 0 Å². The number of hydrogen-bond acceptors (Lipinski definition) is 1. The van der Waals surface area contributed by atoms with E-state index in [1.807, 2.05) is 0 Å². The van der Waals surface area contributed by atoms with Crippen molar-refractivity contribution in [3.8, 4) is 0 Å². The van der Waals surface area contributed by atoms with Gasteiger partial charge in [-0.1, -0.05) is 34.6 Å². The molecule has 0 aromatic carbocycles. The quantitative estimate of drug-likeness (QED) is 0.674. The molecule has 0 saturated carbocycles. The fourth-order valence-corrected chi connectivity index (χ4v) is 1.65. The Morgan fingerprint density at radius 2 is 1.75 bits per heavy atom. The standard InChI is InChI=1S/C10H22ClN/c1-8(2)12-7-9(11)6-10(3,4)5/h8-9,12H,6-7H2,1-5H3. The normalized spacial score (nSPS) is 15.2. The first kappa shape index (κ1) is 12.2. The van der Waals surface area contributed by atoms with Gasteiger partial charge in [0.05, 0.1) is 0 Å². The lowest BCUT2D eigenvalue weighted by molar-refractivity contribution is 0.361. The second-order valence-electron chi connectivity index (χ2n) is 4.93. The van der Waals surface area contributed by atoms with E-state index in [-0.39, 0.29) is 5.38 Å². The smallest absolute Gasteiger partial charge is 0.0465 e. The Morgan fingerprint density at radius 3 is 2.08 bits per heavy atom. The van der Waals surface area contributed by atoms with Gasteiger partial charge in [0.25, 0.3) is 0 Å². The molecule has 0 aromatic rings.